The van der Waals surface area contributed by atoms with Gasteiger partial charge in [0.15, 0.2) is 0 Å². The van der Waals surface area contributed by atoms with Gasteiger partial charge in [0.25, 0.3) is 0 Å². The van der Waals surface area contributed by atoms with Crippen LogP contribution in [0.4, 0.5) is 11.4 Å². The maximum absolute atomic E-state index is 3.58. The van der Waals surface area contributed by atoms with Crippen LogP contribution in [0.3, 0.4) is 0 Å². The predicted octanol–water partition coefficient (Wildman–Crippen LogP) is 8.26. The minimum absolute atomic E-state index is 0.296. The summed E-state index contributed by atoms with van der Waals surface area (Å²) in [6, 6.07) is 44.1. The Morgan fingerprint density at radius 2 is 1.03 bits per heavy atom. The minimum Gasteiger partial charge on any atom is -0.355 e. The van der Waals surface area contributed by atoms with Crippen molar-refractivity contribution >= 4 is 23.1 Å². The van der Waals surface area contributed by atoms with Crippen LogP contribution in [0.5, 0.6) is 0 Å². The van der Waals surface area contributed by atoms with Gasteiger partial charge in [0.1, 0.15) is 0 Å². The molecule has 0 unspecified atom stereocenters. The van der Waals surface area contributed by atoms with Gasteiger partial charge in [-0.3, -0.25) is 0 Å². The molecule has 1 nitrogen and oxygen atoms in total. The summed E-state index contributed by atoms with van der Waals surface area (Å²) < 4.78 is 0. The second kappa shape index (κ2) is 7.13. The van der Waals surface area contributed by atoms with Crippen LogP contribution < -0.4 is 5.32 Å². The largest absolute Gasteiger partial charge is 0.355 e. The second-order valence-corrected chi connectivity index (χ2v) is 9.73. The van der Waals surface area contributed by atoms with E-state index in [0.717, 1.165) is 11.4 Å². The lowest BCUT2D eigenvalue weighted by Crippen LogP contribution is -2.31. The van der Waals surface area contributed by atoms with Crippen molar-refractivity contribution < 1.29 is 0 Å². The highest BCUT2D eigenvalue weighted by Crippen LogP contribution is 2.62. The lowest BCUT2D eigenvalue weighted by molar-refractivity contribution is 0.722. The zero-order valence-corrected chi connectivity index (χ0v) is 18.8. The quantitative estimate of drug-likeness (QED) is 0.291. The fourth-order valence-electron chi connectivity index (χ4n) is 5.63. The Hall–Kier alpha value is -3.75. The first kappa shape index (κ1) is 18.8. The molecular formula is C31H21NS. The van der Waals surface area contributed by atoms with Gasteiger partial charge >= 0.3 is 0 Å². The van der Waals surface area contributed by atoms with Crippen molar-refractivity contribution in [3.05, 3.63) is 144 Å². The smallest absolute Gasteiger partial charge is 0.0735 e. The fraction of sp³-hybridized carbons (Fsp3) is 0.0323. The van der Waals surface area contributed by atoms with Gasteiger partial charge in [-0.25, -0.2) is 0 Å². The standard InChI is InChI=1S/C31H21NS/c1-2-10-21(11-3-1)32-22-18-19-28-30(20-22)33-29-17-9-8-16-27(29)31(28)25-14-6-4-12-23(25)24-13-5-7-15-26(24)31/h1-20,32H. The molecule has 0 saturated carbocycles. The van der Waals surface area contributed by atoms with Gasteiger partial charge in [-0.1, -0.05) is 103 Å². The van der Waals surface area contributed by atoms with Crippen molar-refractivity contribution in [2.75, 3.05) is 5.32 Å². The average Bonchev–Trinajstić information content (AvgIpc) is 3.16. The number of anilines is 2. The molecule has 1 heterocycles. The molecular weight excluding hydrogens is 418 g/mol. The molecule has 0 aromatic heterocycles. The molecule has 1 aliphatic heterocycles. The maximum Gasteiger partial charge on any atom is 0.0735 e. The van der Waals surface area contributed by atoms with Crippen LogP contribution in [0.1, 0.15) is 22.3 Å². The third-order valence-corrected chi connectivity index (χ3v) is 8.04. The van der Waals surface area contributed by atoms with Crippen LogP contribution >= 0.6 is 11.8 Å². The van der Waals surface area contributed by atoms with E-state index in [1.165, 1.54) is 43.2 Å². The Kier molecular flexibility index (Phi) is 4.06. The van der Waals surface area contributed by atoms with Gasteiger partial charge < -0.3 is 5.32 Å². The molecule has 0 saturated heterocycles. The van der Waals surface area contributed by atoms with Crippen LogP contribution in [-0.4, -0.2) is 0 Å². The SMILES string of the molecule is c1ccc(Nc2ccc3c(c2)Sc2ccccc2C32c3ccccc3-c3ccccc32)cc1. The Balaban J connectivity index is 1.51. The van der Waals surface area contributed by atoms with E-state index in [0.29, 0.717) is 0 Å². The predicted molar refractivity (Wildman–Crippen MR) is 138 cm³/mol. The van der Waals surface area contributed by atoms with Crippen LogP contribution in [-0.2, 0) is 5.41 Å². The first-order chi connectivity index (χ1) is 16.4. The molecule has 0 atom stereocenters. The summed E-state index contributed by atoms with van der Waals surface area (Å²) in [6.45, 7) is 0. The molecule has 1 aliphatic carbocycles. The number of hydrogen-bond donors (Lipinski definition) is 1. The Bertz CT molecular complexity index is 1470. The van der Waals surface area contributed by atoms with E-state index in [9.17, 15) is 0 Å². The molecule has 5 aromatic carbocycles. The topological polar surface area (TPSA) is 12.0 Å². The van der Waals surface area contributed by atoms with Crippen LogP contribution in [0.2, 0.25) is 0 Å². The molecule has 156 valence electrons. The number of para-hydroxylation sites is 1. The number of fused-ring (bicyclic) bond motifs is 9. The molecule has 2 aliphatic rings. The lowest BCUT2D eigenvalue weighted by atomic mass is 9.67. The van der Waals surface area contributed by atoms with Crippen molar-refractivity contribution in [2.45, 2.75) is 15.2 Å². The zero-order valence-electron chi connectivity index (χ0n) is 18.0. The molecule has 33 heavy (non-hydrogen) atoms. The van der Waals surface area contributed by atoms with Crippen molar-refractivity contribution in [3.8, 4) is 11.1 Å². The second-order valence-electron chi connectivity index (χ2n) is 8.64. The first-order valence-electron chi connectivity index (χ1n) is 11.3. The normalized spacial score (nSPS) is 14.2. The van der Waals surface area contributed by atoms with Crippen molar-refractivity contribution in [1.29, 1.82) is 0 Å². The van der Waals surface area contributed by atoms with Gasteiger partial charge in [0.2, 0.25) is 0 Å². The van der Waals surface area contributed by atoms with E-state index in [4.69, 9.17) is 0 Å². The van der Waals surface area contributed by atoms with Crippen LogP contribution in [0, 0.1) is 0 Å². The molecule has 0 amide bonds. The summed E-state index contributed by atoms with van der Waals surface area (Å²) >= 11 is 1.88. The number of hydrogen-bond acceptors (Lipinski definition) is 2. The highest BCUT2D eigenvalue weighted by atomic mass is 32.2. The maximum atomic E-state index is 3.58. The Morgan fingerprint density at radius 3 is 1.76 bits per heavy atom. The van der Waals surface area contributed by atoms with Crippen LogP contribution in [0.15, 0.2) is 131 Å². The molecule has 2 heteroatoms. The number of nitrogens with one attached hydrogen (secondary N) is 1. The molecule has 0 fully saturated rings. The summed E-state index contributed by atoms with van der Waals surface area (Å²) in [6.07, 6.45) is 0. The van der Waals surface area contributed by atoms with E-state index in [1.54, 1.807) is 0 Å². The van der Waals surface area contributed by atoms with Gasteiger partial charge in [0, 0.05) is 21.2 Å². The van der Waals surface area contributed by atoms with Gasteiger partial charge in [-0.2, -0.15) is 0 Å². The van der Waals surface area contributed by atoms with E-state index in [1.807, 2.05) is 17.8 Å². The molecule has 7 rings (SSSR count). The molecule has 0 bridgehead atoms. The monoisotopic (exact) mass is 439 g/mol. The zero-order chi connectivity index (χ0) is 21.8. The summed E-state index contributed by atoms with van der Waals surface area (Å²) in [5.41, 5.74) is 10.1. The Morgan fingerprint density at radius 1 is 0.455 bits per heavy atom. The van der Waals surface area contributed by atoms with Crippen molar-refractivity contribution in [1.82, 2.24) is 0 Å². The van der Waals surface area contributed by atoms with E-state index in [-0.39, 0.29) is 5.41 Å². The van der Waals surface area contributed by atoms with Crippen molar-refractivity contribution in [3.63, 3.8) is 0 Å². The first-order valence-corrected chi connectivity index (χ1v) is 12.1. The van der Waals surface area contributed by atoms with E-state index >= 15 is 0 Å². The molecule has 5 aromatic rings. The van der Waals surface area contributed by atoms with Gasteiger partial charge in [-0.05, 0) is 63.7 Å². The molecule has 1 N–H and O–H groups in total. The highest BCUT2D eigenvalue weighted by molar-refractivity contribution is 7.99. The van der Waals surface area contributed by atoms with E-state index < -0.39 is 0 Å². The highest BCUT2D eigenvalue weighted by Gasteiger charge is 2.49. The van der Waals surface area contributed by atoms with Crippen molar-refractivity contribution in [2.24, 2.45) is 0 Å². The lowest BCUT2D eigenvalue weighted by Gasteiger charge is -2.39. The van der Waals surface area contributed by atoms with Gasteiger partial charge in [-0.15, -0.1) is 0 Å². The molecule has 1 spiro atoms. The summed E-state index contributed by atoms with van der Waals surface area (Å²) in [5.74, 6) is 0. The third-order valence-electron chi connectivity index (χ3n) is 6.91. The third kappa shape index (κ3) is 2.62. The van der Waals surface area contributed by atoms with E-state index in [2.05, 4.69) is 121 Å². The minimum atomic E-state index is -0.296. The fourth-order valence-corrected chi connectivity index (χ4v) is 6.86. The summed E-state index contributed by atoms with van der Waals surface area (Å²) in [4.78, 5) is 2.63. The molecule has 0 radical (unpaired) electrons. The Labute approximate surface area is 198 Å². The summed E-state index contributed by atoms with van der Waals surface area (Å²) in [7, 11) is 0. The summed E-state index contributed by atoms with van der Waals surface area (Å²) in [5, 5.41) is 3.58. The van der Waals surface area contributed by atoms with Gasteiger partial charge in [0.05, 0.1) is 5.41 Å². The average molecular weight is 440 g/mol. The number of benzene rings is 5. The van der Waals surface area contributed by atoms with Crippen LogP contribution in [0.25, 0.3) is 11.1 Å². The number of rotatable bonds is 2.